The molecule has 0 amide bonds. The van der Waals surface area contributed by atoms with Gasteiger partial charge in [-0.05, 0) is 55.0 Å². The summed E-state index contributed by atoms with van der Waals surface area (Å²) in [6.07, 6.45) is 0. The van der Waals surface area contributed by atoms with Gasteiger partial charge in [-0.25, -0.2) is 12.7 Å². The summed E-state index contributed by atoms with van der Waals surface area (Å²) < 4.78 is 69.8. The van der Waals surface area contributed by atoms with Crippen LogP contribution in [0.25, 0.3) is 33.4 Å². The highest BCUT2D eigenvalue weighted by molar-refractivity contribution is 7.89. The molecule has 2 aliphatic rings. The van der Waals surface area contributed by atoms with E-state index in [1.807, 2.05) is 79.2 Å². The number of fused-ring (bicyclic) bond motifs is 2. The summed E-state index contributed by atoms with van der Waals surface area (Å²) in [5.74, 6) is 0.483. The van der Waals surface area contributed by atoms with E-state index in [2.05, 4.69) is 5.32 Å². The molecule has 234 valence electrons. The Bertz CT molecular complexity index is 2380. The summed E-state index contributed by atoms with van der Waals surface area (Å²) in [6, 6.07) is 32.0. The number of nitrogens with zero attached hydrogens (tertiary/aromatic N) is 2. The number of hydrogen-bond donors (Lipinski definition) is 2. The summed E-state index contributed by atoms with van der Waals surface area (Å²) in [6.45, 7) is 2.01. The summed E-state index contributed by atoms with van der Waals surface area (Å²) in [4.78, 5) is -0.0215. The standard InChI is InChI=1S/C35H31N3O6S2/c1-23-9-5-7-11-31(23)36-24-13-19-28-32(21-24)44-33-22-26(38(4)25-14-17-27(18-15-25)45(39,40)37(2)3)16-20-29(33)35(28)30-10-6-8-12-34(30)46(41,42)43/h5-22H,1-4H3,(H,41,42,43)/p+1. The van der Waals surface area contributed by atoms with Gasteiger partial charge in [0.1, 0.15) is 23.3 Å². The lowest BCUT2D eigenvalue weighted by molar-refractivity contribution is 0.483. The number of sulfonamides is 1. The van der Waals surface area contributed by atoms with Gasteiger partial charge in [-0.15, -0.1) is 0 Å². The van der Waals surface area contributed by atoms with Crippen molar-refractivity contribution in [1.82, 2.24) is 8.88 Å². The molecular formula is C35H32N3O6S2+. The Labute approximate surface area is 267 Å². The first-order chi connectivity index (χ1) is 21.8. The maximum Gasteiger partial charge on any atom is 0.295 e. The summed E-state index contributed by atoms with van der Waals surface area (Å²) in [5, 5.41) is 4.85. The maximum absolute atomic E-state index is 12.6. The third-order valence-electron chi connectivity index (χ3n) is 7.95. The van der Waals surface area contributed by atoms with Gasteiger partial charge in [-0.2, -0.15) is 13.0 Å². The Hall–Kier alpha value is -4.81. The monoisotopic (exact) mass is 654 g/mol. The van der Waals surface area contributed by atoms with Crippen LogP contribution in [0.5, 0.6) is 0 Å². The molecule has 9 nitrogen and oxygen atoms in total. The van der Waals surface area contributed by atoms with Gasteiger partial charge in [0.25, 0.3) is 10.1 Å². The zero-order valence-electron chi connectivity index (χ0n) is 25.6. The van der Waals surface area contributed by atoms with Crippen LogP contribution in [-0.2, 0) is 20.1 Å². The van der Waals surface area contributed by atoms with Crippen LogP contribution in [0.4, 0.5) is 17.1 Å². The predicted molar refractivity (Wildman–Crippen MR) is 181 cm³/mol. The third kappa shape index (κ3) is 5.81. The van der Waals surface area contributed by atoms with Crippen molar-refractivity contribution in [3.63, 3.8) is 0 Å². The molecule has 0 unspecified atom stereocenters. The molecule has 6 rings (SSSR count). The average molecular weight is 655 g/mol. The number of rotatable bonds is 7. The SMILES string of the molecule is Cc1ccccc1Nc1ccc2c(-c3ccccc3S(=O)(=O)O)c3ccc(=[N+](C)c4ccc(S(=O)(=O)N(C)C)cc4)cc-3oc2c1. The molecular weight excluding hydrogens is 623 g/mol. The minimum absolute atomic E-state index is 0.187. The zero-order valence-corrected chi connectivity index (χ0v) is 27.2. The minimum Gasteiger partial charge on any atom is -0.456 e. The highest BCUT2D eigenvalue weighted by atomic mass is 32.2. The molecule has 1 aliphatic carbocycles. The topological polar surface area (TPSA) is 120 Å². The number of nitrogens with one attached hydrogen (secondary N) is 1. The molecule has 1 aliphatic heterocycles. The molecule has 4 aromatic carbocycles. The lowest BCUT2D eigenvalue weighted by atomic mass is 9.93. The fourth-order valence-electron chi connectivity index (χ4n) is 5.42. The molecule has 4 aromatic rings. The van der Waals surface area contributed by atoms with Gasteiger partial charge in [-0.3, -0.25) is 4.55 Å². The van der Waals surface area contributed by atoms with Gasteiger partial charge in [-0.1, -0.05) is 36.4 Å². The van der Waals surface area contributed by atoms with E-state index in [1.165, 1.54) is 24.5 Å². The molecule has 0 fully saturated rings. The van der Waals surface area contributed by atoms with E-state index in [0.29, 0.717) is 33.4 Å². The molecule has 2 N–H and O–H groups in total. The van der Waals surface area contributed by atoms with E-state index in [9.17, 15) is 21.4 Å². The Morgan fingerprint density at radius 3 is 2.17 bits per heavy atom. The van der Waals surface area contributed by atoms with Gasteiger partial charge >= 0.3 is 0 Å². The van der Waals surface area contributed by atoms with Gasteiger partial charge in [0.05, 0.1) is 11.0 Å². The first-order valence-electron chi connectivity index (χ1n) is 14.3. The van der Waals surface area contributed by atoms with Gasteiger partial charge in [0.2, 0.25) is 21.1 Å². The van der Waals surface area contributed by atoms with Crippen LogP contribution in [0.2, 0.25) is 0 Å². The van der Waals surface area contributed by atoms with Crippen LogP contribution in [0.1, 0.15) is 5.56 Å². The average Bonchev–Trinajstić information content (AvgIpc) is 3.03. The maximum atomic E-state index is 12.6. The van der Waals surface area contributed by atoms with E-state index in [4.69, 9.17) is 4.42 Å². The van der Waals surface area contributed by atoms with E-state index >= 15 is 0 Å². The Morgan fingerprint density at radius 1 is 0.783 bits per heavy atom. The van der Waals surface area contributed by atoms with Gasteiger partial charge in [0, 0.05) is 71.8 Å². The Kier molecular flexibility index (Phi) is 8.03. The second-order valence-electron chi connectivity index (χ2n) is 11.1. The molecule has 11 heteroatoms. The van der Waals surface area contributed by atoms with Crippen LogP contribution in [-0.4, -0.2) is 46.8 Å². The number of benzene rings is 5. The smallest absolute Gasteiger partial charge is 0.295 e. The highest BCUT2D eigenvalue weighted by Gasteiger charge is 2.24. The summed E-state index contributed by atoms with van der Waals surface area (Å²) in [5.41, 5.74) is 5.62. The van der Waals surface area contributed by atoms with Crippen molar-refractivity contribution in [3.05, 3.63) is 120 Å². The van der Waals surface area contributed by atoms with E-state index in [0.717, 1.165) is 28.0 Å². The van der Waals surface area contributed by atoms with E-state index in [-0.39, 0.29) is 9.79 Å². The van der Waals surface area contributed by atoms with E-state index in [1.54, 1.807) is 42.5 Å². The third-order valence-corrected chi connectivity index (χ3v) is 10.7. The summed E-state index contributed by atoms with van der Waals surface area (Å²) in [7, 11) is -3.28. The molecule has 0 bridgehead atoms. The normalized spacial score (nSPS) is 12.9. The van der Waals surface area contributed by atoms with Crippen molar-refractivity contribution < 1.29 is 25.8 Å². The Balaban J connectivity index is 1.58. The molecule has 0 spiro atoms. The minimum atomic E-state index is -4.55. The highest BCUT2D eigenvalue weighted by Crippen LogP contribution is 2.43. The van der Waals surface area contributed by atoms with Gasteiger partial charge in [0.15, 0.2) is 0 Å². The van der Waals surface area contributed by atoms with Crippen LogP contribution >= 0.6 is 0 Å². The Morgan fingerprint density at radius 2 is 1.48 bits per heavy atom. The number of aryl methyl sites for hydroxylation is 1. The number of anilines is 2. The fraction of sp³-hybridized carbons (Fsp3) is 0.114. The molecule has 0 saturated heterocycles. The van der Waals surface area contributed by atoms with Crippen molar-refractivity contribution in [1.29, 1.82) is 0 Å². The lowest BCUT2D eigenvalue weighted by Crippen LogP contribution is -2.23. The first-order valence-corrected chi connectivity index (χ1v) is 17.2. The van der Waals surface area contributed by atoms with Crippen LogP contribution < -0.4 is 15.2 Å². The zero-order chi connectivity index (χ0) is 32.8. The van der Waals surface area contributed by atoms with Crippen molar-refractivity contribution in [2.24, 2.45) is 0 Å². The second kappa shape index (κ2) is 11.8. The summed E-state index contributed by atoms with van der Waals surface area (Å²) >= 11 is 0. The van der Waals surface area contributed by atoms with Crippen molar-refractivity contribution in [2.45, 2.75) is 16.7 Å². The second-order valence-corrected chi connectivity index (χ2v) is 14.7. The fourth-order valence-corrected chi connectivity index (χ4v) is 7.02. The quantitative estimate of drug-likeness (QED) is 0.115. The first kappa shape index (κ1) is 31.2. The molecule has 0 aromatic heterocycles. The molecule has 46 heavy (non-hydrogen) atoms. The van der Waals surface area contributed by atoms with Gasteiger partial charge < -0.3 is 9.73 Å². The van der Waals surface area contributed by atoms with Crippen molar-refractivity contribution in [2.75, 3.05) is 26.5 Å². The van der Waals surface area contributed by atoms with Crippen molar-refractivity contribution in [3.8, 4) is 22.5 Å². The number of hydrogen-bond acceptors (Lipinski definition) is 6. The molecule has 0 radical (unpaired) electrons. The molecule has 0 atom stereocenters. The molecule has 1 heterocycles. The number of para-hydroxylation sites is 1. The predicted octanol–water partition coefficient (Wildman–Crippen LogP) is 6.49. The van der Waals surface area contributed by atoms with Crippen LogP contribution in [0, 0.1) is 6.92 Å². The van der Waals surface area contributed by atoms with Crippen molar-refractivity contribution >= 4 is 48.2 Å². The van der Waals surface area contributed by atoms with Crippen LogP contribution in [0.3, 0.4) is 0 Å². The van der Waals surface area contributed by atoms with E-state index < -0.39 is 20.1 Å². The lowest BCUT2D eigenvalue weighted by Gasteiger charge is -2.18. The largest absolute Gasteiger partial charge is 0.456 e. The van der Waals surface area contributed by atoms with Crippen LogP contribution in [0.15, 0.2) is 123 Å². The molecule has 0 saturated carbocycles.